The van der Waals surface area contributed by atoms with Gasteiger partial charge in [-0.2, -0.15) is 0 Å². The number of esters is 1. The molecule has 0 atom stereocenters. The number of nitrogens with zero attached hydrogens (tertiary/aromatic N) is 3. The molecule has 2 rings (SSSR count). The predicted molar refractivity (Wildman–Crippen MR) is 68.8 cm³/mol. The van der Waals surface area contributed by atoms with Crippen LogP contribution in [-0.4, -0.2) is 41.0 Å². The minimum atomic E-state index is -0.472. The van der Waals surface area contributed by atoms with E-state index in [-0.39, 0.29) is 0 Å². The largest absolute Gasteiger partial charge is 0.481 e. The molecule has 0 unspecified atom stereocenters. The second kappa shape index (κ2) is 5.96. The smallest absolute Gasteiger partial charge is 0.339 e. The van der Waals surface area contributed by atoms with Gasteiger partial charge >= 0.3 is 5.97 Å². The molecule has 0 fully saturated rings. The number of hydrogen-bond donors (Lipinski definition) is 0. The first-order valence-corrected chi connectivity index (χ1v) is 5.76. The number of methoxy groups -OCH3 is 2. The molecular formula is C13H13N3O4. The Morgan fingerprint density at radius 1 is 1.40 bits per heavy atom. The van der Waals surface area contributed by atoms with Gasteiger partial charge in [0.25, 0.3) is 0 Å². The molecule has 7 nitrogen and oxygen atoms in total. The summed E-state index contributed by atoms with van der Waals surface area (Å²) >= 11 is 0. The van der Waals surface area contributed by atoms with Crippen LogP contribution in [0.1, 0.15) is 26.4 Å². The van der Waals surface area contributed by atoms with E-state index in [1.807, 2.05) is 0 Å². The number of carbonyl (C=O) groups excluding carboxylic acids is 2. The van der Waals surface area contributed by atoms with Crippen LogP contribution in [0.3, 0.4) is 0 Å². The number of carbonyl (C=O) groups is 2. The van der Waals surface area contributed by atoms with E-state index in [0.29, 0.717) is 35.5 Å². The molecule has 0 saturated heterocycles. The van der Waals surface area contributed by atoms with Crippen molar-refractivity contribution in [3.05, 3.63) is 41.6 Å². The fourth-order valence-electron chi connectivity index (χ4n) is 1.75. The maximum atomic E-state index is 11.5. The van der Waals surface area contributed by atoms with Gasteiger partial charge in [0, 0.05) is 18.0 Å². The molecule has 0 N–H and O–H groups in total. The van der Waals surface area contributed by atoms with Crippen molar-refractivity contribution in [1.29, 1.82) is 0 Å². The van der Waals surface area contributed by atoms with Crippen molar-refractivity contribution in [2.24, 2.45) is 0 Å². The van der Waals surface area contributed by atoms with E-state index in [9.17, 15) is 9.59 Å². The van der Waals surface area contributed by atoms with Crippen LogP contribution in [0.15, 0.2) is 24.8 Å². The van der Waals surface area contributed by atoms with Gasteiger partial charge in [0.1, 0.15) is 5.69 Å². The van der Waals surface area contributed by atoms with Gasteiger partial charge in [-0.05, 0) is 6.07 Å². The van der Waals surface area contributed by atoms with Gasteiger partial charge in [0.2, 0.25) is 5.88 Å². The summed E-state index contributed by atoms with van der Waals surface area (Å²) in [5.41, 5.74) is 1.35. The van der Waals surface area contributed by atoms with E-state index in [2.05, 4.69) is 14.7 Å². The first-order valence-electron chi connectivity index (χ1n) is 5.76. The van der Waals surface area contributed by atoms with Crippen molar-refractivity contribution in [3.8, 4) is 5.88 Å². The fraction of sp³-hybridized carbons (Fsp3) is 0.231. The van der Waals surface area contributed by atoms with Gasteiger partial charge < -0.3 is 14.0 Å². The number of hydrogen-bond acceptors (Lipinski definition) is 6. The van der Waals surface area contributed by atoms with Crippen LogP contribution in [-0.2, 0) is 11.3 Å². The van der Waals surface area contributed by atoms with E-state index in [1.165, 1.54) is 26.7 Å². The number of imidazole rings is 1. The van der Waals surface area contributed by atoms with Crippen LogP contribution in [0.25, 0.3) is 0 Å². The molecule has 0 radical (unpaired) electrons. The van der Waals surface area contributed by atoms with E-state index in [1.54, 1.807) is 16.8 Å². The van der Waals surface area contributed by atoms with Crippen LogP contribution in [0.5, 0.6) is 5.88 Å². The van der Waals surface area contributed by atoms with Gasteiger partial charge in [-0.15, -0.1) is 0 Å². The van der Waals surface area contributed by atoms with Crippen LogP contribution >= 0.6 is 0 Å². The van der Waals surface area contributed by atoms with Crippen molar-refractivity contribution in [3.63, 3.8) is 0 Å². The van der Waals surface area contributed by atoms with Gasteiger partial charge in [0.15, 0.2) is 6.29 Å². The van der Waals surface area contributed by atoms with Gasteiger partial charge in [-0.3, -0.25) is 4.79 Å². The van der Waals surface area contributed by atoms with Gasteiger partial charge in [-0.25, -0.2) is 14.8 Å². The van der Waals surface area contributed by atoms with E-state index in [4.69, 9.17) is 4.74 Å². The molecule has 20 heavy (non-hydrogen) atoms. The molecule has 0 aliphatic rings. The lowest BCUT2D eigenvalue weighted by Gasteiger charge is -2.09. The average Bonchev–Trinajstić information content (AvgIpc) is 2.94. The standard InChI is InChI=1S/C13H13N3O4/c1-19-12-10(3-9(4-14-12)13(18)20-2)5-16-6-11(7-17)15-8-16/h3-4,6-8H,5H2,1-2H3. The normalized spacial score (nSPS) is 10.1. The third-order valence-electron chi connectivity index (χ3n) is 2.67. The zero-order chi connectivity index (χ0) is 14.5. The van der Waals surface area contributed by atoms with Crippen molar-refractivity contribution in [2.45, 2.75) is 6.54 Å². The Balaban J connectivity index is 2.32. The second-order valence-corrected chi connectivity index (χ2v) is 3.97. The Labute approximate surface area is 115 Å². The number of ether oxygens (including phenoxy) is 2. The van der Waals surface area contributed by atoms with E-state index < -0.39 is 5.97 Å². The Morgan fingerprint density at radius 2 is 2.20 bits per heavy atom. The summed E-state index contributed by atoms with van der Waals surface area (Å²) in [6.45, 7) is 0.377. The highest BCUT2D eigenvalue weighted by molar-refractivity contribution is 5.89. The number of rotatable bonds is 5. The molecule has 0 aliphatic heterocycles. The Morgan fingerprint density at radius 3 is 2.80 bits per heavy atom. The SMILES string of the molecule is COC(=O)c1cnc(OC)c(Cn2cnc(C=O)c2)c1. The highest BCUT2D eigenvalue weighted by atomic mass is 16.5. The number of aldehydes is 1. The fourth-order valence-corrected chi connectivity index (χ4v) is 1.75. The molecule has 104 valence electrons. The zero-order valence-electron chi connectivity index (χ0n) is 11.1. The monoisotopic (exact) mass is 275 g/mol. The van der Waals surface area contributed by atoms with Crippen molar-refractivity contribution < 1.29 is 19.1 Å². The molecule has 0 amide bonds. The van der Waals surface area contributed by atoms with Crippen LogP contribution in [0, 0.1) is 0 Å². The first-order chi connectivity index (χ1) is 9.67. The molecule has 0 aliphatic carbocycles. The third kappa shape index (κ3) is 2.82. The summed E-state index contributed by atoms with van der Waals surface area (Å²) in [4.78, 5) is 30.1. The Bertz CT molecular complexity index is 636. The van der Waals surface area contributed by atoms with Crippen molar-refractivity contribution in [2.75, 3.05) is 14.2 Å². The lowest BCUT2D eigenvalue weighted by atomic mass is 10.2. The Kier molecular flexibility index (Phi) is 4.09. The quantitative estimate of drug-likeness (QED) is 0.596. The average molecular weight is 275 g/mol. The third-order valence-corrected chi connectivity index (χ3v) is 2.67. The minimum absolute atomic E-state index is 0.332. The summed E-state index contributed by atoms with van der Waals surface area (Å²) in [5, 5.41) is 0. The van der Waals surface area contributed by atoms with Gasteiger partial charge in [-0.1, -0.05) is 0 Å². The maximum Gasteiger partial charge on any atom is 0.339 e. The highest BCUT2D eigenvalue weighted by Gasteiger charge is 2.12. The predicted octanol–water partition coefficient (Wildman–Crippen LogP) is 0.934. The minimum Gasteiger partial charge on any atom is -0.481 e. The molecular weight excluding hydrogens is 262 g/mol. The van der Waals surface area contributed by atoms with Crippen molar-refractivity contribution in [1.82, 2.24) is 14.5 Å². The zero-order valence-corrected chi connectivity index (χ0v) is 11.1. The van der Waals surface area contributed by atoms with E-state index >= 15 is 0 Å². The van der Waals surface area contributed by atoms with Crippen LogP contribution in [0.4, 0.5) is 0 Å². The molecule has 0 aromatic carbocycles. The lowest BCUT2D eigenvalue weighted by Crippen LogP contribution is -2.07. The second-order valence-electron chi connectivity index (χ2n) is 3.97. The Hall–Kier alpha value is -2.70. The topological polar surface area (TPSA) is 83.3 Å². The molecule has 0 saturated carbocycles. The number of pyridine rings is 1. The highest BCUT2D eigenvalue weighted by Crippen LogP contribution is 2.18. The lowest BCUT2D eigenvalue weighted by molar-refractivity contribution is 0.0600. The molecule has 2 aromatic rings. The maximum absolute atomic E-state index is 11.5. The molecule has 0 bridgehead atoms. The number of aromatic nitrogens is 3. The molecule has 2 aromatic heterocycles. The summed E-state index contributed by atoms with van der Waals surface area (Å²) in [6.07, 6.45) is 5.17. The molecule has 0 spiro atoms. The first kappa shape index (κ1) is 13.7. The summed E-state index contributed by atoms with van der Waals surface area (Å²) < 4.78 is 11.5. The molecule has 7 heteroatoms. The van der Waals surface area contributed by atoms with Crippen LogP contribution < -0.4 is 4.74 Å². The van der Waals surface area contributed by atoms with Crippen LogP contribution in [0.2, 0.25) is 0 Å². The molecule has 2 heterocycles. The summed E-state index contributed by atoms with van der Waals surface area (Å²) in [6, 6.07) is 1.64. The van der Waals surface area contributed by atoms with Crippen molar-refractivity contribution >= 4 is 12.3 Å². The summed E-state index contributed by atoms with van der Waals surface area (Å²) in [7, 11) is 2.80. The van der Waals surface area contributed by atoms with E-state index in [0.717, 1.165) is 0 Å². The van der Waals surface area contributed by atoms with Gasteiger partial charge in [0.05, 0.1) is 32.7 Å². The summed E-state index contributed by atoms with van der Waals surface area (Å²) in [5.74, 6) is -0.0698.